The van der Waals surface area contributed by atoms with Crippen molar-refractivity contribution >= 4 is 27.4 Å². The zero-order valence-corrected chi connectivity index (χ0v) is 16.1. The molecule has 0 aliphatic heterocycles. The van der Waals surface area contributed by atoms with Crippen LogP contribution in [0.3, 0.4) is 0 Å². The lowest BCUT2D eigenvalue weighted by atomic mass is 10.2. The smallest absolute Gasteiger partial charge is 0.191 e. The van der Waals surface area contributed by atoms with Gasteiger partial charge in [-0.05, 0) is 29.9 Å². The van der Waals surface area contributed by atoms with Crippen molar-refractivity contribution in [2.45, 2.75) is 26.4 Å². The summed E-state index contributed by atoms with van der Waals surface area (Å²) in [4.78, 5) is 5.15. The van der Waals surface area contributed by atoms with Crippen LogP contribution in [0.15, 0.2) is 35.3 Å². The highest BCUT2D eigenvalue weighted by Crippen LogP contribution is 2.29. The number of aliphatic hydroxyl groups is 1. The summed E-state index contributed by atoms with van der Waals surface area (Å²) in [7, 11) is 1.73. The van der Waals surface area contributed by atoms with E-state index in [0.29, 0.717) is 18.4 Å². The van der Waals surface area contributed by atoms with Gasteiger partial charge in [-0.1, -0.05) is 32.0 Å². The molecule has 1 aromatic heterocycles. The number of benzene rings is 1. The van der Waals surface area contributed by atoms with Crippen LogP contribution < -0.4 is 10.6 Å². The first kappa shape index (κ1) is 19.7. The number of fused-ring (bicyclic) bond motifs is 1. The minimum Gasteiger partial charge on any atom is -0.386 e. The Balaban J connectivity index is 1.71. The molecule has 0 aliphatic rings. The van der Waals surface area contributed by atoms with E-state index in [1.54, 1.807) is 18.4 Å². The van der Waals surface area contributed by atoms with E-state index < -0.39 is 6.10 Å². The molecule has 0 saturated carbocycles. The molecule has 0 amide bonds. The first-order valence-corrected chi connectivity index (χ1v) is 9.60. The molecule has 0 bridgehead atoms. The van der Waals surface area contributed by atoms with Crippen molar-refractivity contribution in [2.75, 3.05) is 33.4 Å². The molecule has 5 nitrogen and oxygen atoms in total. The van der Waals surface area contributed by atoms with Crippen molar-refractivity contribution in [3.63, 3.8) is 0 Å². The van der Waals surface area contributed by atoms with E-state index in [-0.39, 0.29) is 0 Å². The van der Waals surface area contributed by atoms with E-state index in [2.05, 4.69) is 47.7 Å². The molecule has 2 rings (SSSR count). The minimum atomic E-state index is -0.551. The van der Waals surface area contributed by atoms with Crippen LogP contribution in [0.5, 0.6) is 0 Å². The second-order valence-corrected chi connectivity index (χ2v) is 7.52. The lowest BCUT2D eigenvalue weighted by Gasteiger charge is -2.14. The van der Waals surface area contributed by atoms with Gasteiger partial charge in [0.1, 0.15) is 6.10 Å². The van der Waals surface area contributed by atoms with Gasteiger partial charge in [-0.15, -0.1) is 11.3 Å². The van der Waals surface area contributed by atoms with E-state index >= 15 is 0 Å². The Morgan fingerprint density at radius 1 is 1.28 bits per heavy atom. The molecule has 0 saturated heterocycles. The van der Waals surface area contributed by atoms with Crippen molar-refractivity contribution in [3.05, 3.63) is 35.2 Å². The number of nitrogens with one attached hydrogen (secondary N) is 2. The summed E-state index contributed by atoms with van der Waals surface area (Å²) >= 11 is 1.63. The van der Waals surface area contributed by atoms with Crippen LogP contribution in [0.4, 0.5) is 0 Å². The molecule has 25 heavy (non-hydrogen) atoms. The molecule has 2 aromatic rings. The number of rotatable bonds is 9. The molecule has 0 aliphatic carbocycles. The summed E-state index contributed by atoms with van der Waals surface area (Å²) < 4.78 is 6.75. The maximum atomic E-state index is 10.4. The number of thiophene rings is 1. The predicted octanol–water partition coefficient (Wildman–Crippen LogP) is 3.16. The van der Waals surface area contributed by atoms with Crippen LogP contribution in [0, 0.1) is 5.92 Å². The number of aliphatic imine (C=N–C) groups is 1. The van der Waals surface area contributed by atoms with Gasteiger partial charge in [0.15, 0.2) is 5.96 Å². The van der Waals surface area contributed by atoms with Gasteiger partial charge in [0, 0.05) is 42.9 Å². The standard InChI is InChI=1S/C19H29N3O2S/c1-14(2)13-24-10-6-9-21-19(20-3)22-12-16(23)18-11-15-7-4-5-8-17(15)25-18/h4-5,7-8,11,14,16,23H,6,9-10,12-13H2,1-3H3,(H2,20,21,22). The van der Waals surface area contributed by atoms with Crippen molar-refractivity contribution in [3.8, 4) is 0 Å². The van der Waals surface area contributed by atoms with Crippen LogP contribution in [-0.2, 0) is 4.74 Å². The highest BCUT2D eigenvalue weighted by molar-refractivity contribution is 7.19. The molecular weight excluding hydrogens is 334 g/mol. The highest BCUT2D eigenvalue weighted by Gasteiger charge is 2.12. The Bertz CT molecular complexity index is 636. The van der Waals surface area contributed by atoms with E-state index in [9.17, 15) is 5.11 Å². The molecule has 3 N–H and O–H groups in total. The largest absolute Gasteiger partial charge is 0.386 e. The molecule has 1 heterocycles. The Labute approximate surface area is 154 Å². The Kier molecular flexibility index (Phi) is 8.18. The molecule has 0 spiro atoms. The van der Waals surface area contributed by atoms with Gasteiger partial charge in [-0.25, -0.2) is 0 Å². The normalized spacial score (nSPS) is 13.4. The molecule has 0 radical (unpaired) electrons. The quantitative estimate of drug-likeness (QED) is 0.364. The van der Waals surface area contributed by atoms with Gasteiger partial charge in [-0.2, -0.15) is 0 Å². The first-order valence-electron chi connectivity index (χ1n) is 8.79. The molecule has 6 heteroatoms. The van der Waals surface area contributed by atoms with Gasteiger partial charge in [0.25, 0.3) is 0 Å². The molecular formula is C19H29N3O2S. The van der Waals surface area contributed by atoms with E-state index in [1.807, 2.05) is 12.1 Å². The summed E-state index contributed by atoms with van der Waals surface area (Å²) in [5, 5.41) is 18.0. The average molecular weight is 364 g/mol. The molecule has 1 atom stereocenters. The van der Waals surface area contributed by atoms with E-state index in [0.717, 1.165) is 31.1 Å². The van der Waals surface area contributed by atoms with Crippen molar-refractivity contribution < 1.29 is 9.84 Å². The van der Waals surface area contributed by atoms with E-state index in [4.69, 9.17) is 4.74 Å². The average Bonchev–Trinajstić information content (AvgIpc) is 3.04. The SMILES string of the molecule is CN=C(NCCCOCC(C)C)NCC(O)c1cc2ccccc2s1. The summed E-state index contributed by atoms with van der Waals surface area (Å²) in [6, 6.07) is 10.2. The fraction of sp³-hybridized carbons (Fsp3) is 0.526. The Hall–Kier alpha value is -1.63. The van der Waals surface area contributed by atoms with Crippen LogP contribution in [0.25, 0.3) is 10.1 Å². The number of ether oxygens (including phenoxy) is 1. The zero-order valence-electron chi connectivity index (χ0n) is 15.3. The molecule has 0 fully saturated rings. The van der Waals surface area contributed by atoms with Crippen LogP contribution in [0.1, 0.15) is 31.2 Å². The maximum absolute atomic E-state index is 10.4. The van der Waals surface area contributed by atoms with Gasteiger partial charge >= 0.3 is 0 Å². The summed E-state index contributed by atoms with van der Waals surface area (Å²) in [5.41, 5.74) is 0. The third-order valence-electron chi connectivity index (χ3n) is 3.67. The number of hydrogen-bond donors (Lipinski definition) is 3. The monoisotopic (exact) mass is 363 g/mol. The molecule has 1 unspecified atom stereocenters. The number of guanidine groups is 1. The van der Waals surface area contributed by atoms with Gasteiger partial charge in [0.2, 0.25) is 0 Å². The van der Waals surface area contributed by atoms with Gasteiger partial charge < -0.3 is 20.5 Å². The zero-order chi connectivity index (χ0) is 18.1. The summed E-state index contributed by atoms with van der Waals surface area (Å²) in [6.45, 7) is 7.05. The van der Waals surface area contributed by atoms with Crippen LogP contribution in [0.2, 0.25) is 0 Å². The maximum Gasteiger partial charge on any atom is 0.191 e. The predicted molar refractivity (Wildman–Crippen MR) is 106 cm³/mol. The third-order valence-corrected chi connectivity index (χ3v) is 4.89. The fourth-order valence-electron chi connectivity index (χ4n) is 2.38. The van der Waals surface area contributed by atoms with Gasteiger partial charge in [-0.3, -0.25) is 4.99 Å². The van der Waals surface area contributed by atoms with Crippen molar-refractivity contribution in [1.29, 1.82) is 0 Å². The van der Waals surface area contributed by atoms with Crippen molar-refractivity contribution in [1.82, 2.24) is 10.6 Å². The first-order chi connectivity index (χ1) is 12.1. The lowest BCUT2D eigenvalue weighted by molar-refractivity contribution is 0.108. The van der Waals surface area contributed by atoms with Gasteiger partial charge in [0.05, 0.1) is 0 Å². The summed E-state index contributed by atoms with van der Waals surface area (Å²) in [6.07, 6.45) is 0.372. The highest BCUT2D eigenvalue weighted by atomic mass is 32.1. The van der Waals surface area contributed by atoms with Crippen LogP contribution in [-0.4, -0.2) is 44.4 Å². The second kappa shape index (κ2) is 10.4. The van der Waals surface area contributed by atoms with Crippen molar-refractivity contribution in [2.24, 2.45) is 10.9 Å². The number of hydrogen-bond acceptors (Lipinski definition) is 4. The number of aliphatic hydroxyl groups excluding tert-OH is 1. The van der Waals surface area contributed by atoms with Crippen LogP contribution >= 0.6 is 11.3 Å². The Morgan fingerprint density at radius 2 is 2.08 bits per heavy atom. The minimum absolute atomic E-state index is 0.427. The Morgan fingerprint density at radius 3 is 2.80 bits per heavy atom. The molecule has 1 aromatic carbocycles. The lowest BCUT2D eigenvalue weighted by Crippen LogP contribution is -2.39. The van der Waals surface area contributed by atoms with E-state index in [1.165, 1.54) is 10.1 Å². The molecule has 138 valence electrons. The summed E-state index contributed by atoms with van der Waals surface area (Å²) in [5.74, 6) is 1.27. The third kappa shape index (κ3) is 6.65. The topological polar surface area (TPSA) is 65.9 Å². The second-order valence-electron chi connectivity index (χ2n) is 6.40. The number of nitrogens with zero attached hydrogens (tertiary/aromatic N) is 1. The fourth-order valence-corrected chi connectivity index (χ4v) is 3.43.